The summed E-state index contributed by atoms with van der Waals surface area (Å²) in [4.78, 5) is 2.75. The number of hydrogen-bond donors (Lipinski definition) is 1. The van der Waals surface area contributed by atoms with Crippen LogP contribution in [0.5, 0.6) is 5.75 Å². The van der Waals surface area contributed by atoms with Gasteiger partial charge in [-0.05, 0) is 75.2 Å². The monoisotopic (exact) mass is 551 g/mol. The van der Waals surface area contributed by atoms with E-state index in [1.54, 1.807) is 12.1 Å². The number of halogens is 2. The predicted molar refractivity (Wildman–Crippen MR) is 137 cm³/mol. The van der Waals surface area contributed by atoms with Gasteiger partial charge in [-0.25, -0.2) is 0 Å². The van der Waals surface area contributed by atoms with Gasteiger partial charge in [-0.15, -0.1) is 0 Å². The minimum absolute atomic E-state index is 0.0612. The zero-order valence-corrected chi connectivity index (χ0v) is 22.1. The highest BCUT2D eigenvalue weighted by Crippen LogP contribution is 2.36. The average Bonchev–Trinajstić information content (AvgIpc) is 3.10. The highest BCUT2D eigenvalue weighted by atomic mass is 32.2. The van der Waals surface area contributed by atoms with Crippen LogP contribution in [0.1, 0.15) is 32.3 Å². The Kier molecular flexibility index (Phi) is 8.25. The molecule has 2 atom stereocenters. The van der Waals surface area contributed by atoms with Crippen LogP contribution in [-0.2, 0) is 36.3 Å². The highest BCUT2D eigenvalue weighted by Gasteiger charge is 2.51. The first-order valence-electron chi connectivity index (χ1n) is 11.8. The van der Waals surface area contributed by atoms with Crippen molar-refractivity contribution in [1.82, 2.24) is 0 Å². The standard InChI is InChI=1S/C27H28F2O6S2/c1-20(27(28,29)37(30,31)32)35-22-9-8-12-25(19-22)36(23-10-4-3-5-11-23)24-15-13-21(14-16-24)26(2)33-17-6-7-18-34-26/h3-5,8-16,19-20H,6-7,17-18H2,1-2H3/p+1. The van der Waals surface area contributed by atoms with Crippen molar-refractivity contribution in [1.29, 1.82) is 0 Å². The molecule has 10 heteroatoms. The summed E-state index contributed by atoms with van der Waals surface area (Å²) in [6, 6.07) is 24.3. The first-order chi connectivity index (χ1) is 17.5. The lowest BCUT2D eigenvalue weighted by atomic mass is 10.1. The van der Waals surface area contributed by atoms with Crippen LogP contribution in [0.3, 0.4) is 0 Å². The van der Waals surface area contributed by atoms with E-state index < -0.39 is 38.2 Å². The Hall–Kier alpha value is -2.50. The van der Waals surface area contributed by atoms with Gasteiger partial charge in [0.1, 0.15) is 5.75 Å². The normalized spacial score (nSPS) is 18.0. The van der Waals surface area contributed by atoms with Crippen molar-refractivity contribution in [2.45, 2.75) is 58.5 Å². The second-order valence-corrected chi connectivity index (χ2v) is 12.3. The van der Waals surface area contributed by atoms with Gasteiger partial charge < -0.3 is 14.2 Å². The van der Waals surface area contributed by atoms with Gasteiger partial charge >= 0.3 is 15.4 Å². The summed E-state index contributed by atoms with van der Waals surface area (Å²) in [7, 11) is -6.26. The number of ether oxygens (including phenoxy) is 3. The smallest absolute Gasteiger partial charge is 0.405 e. The Balaban J connectivity index is 1.67. The van der Waals surface area contributed by atoms with E-state index >= 15 is 0 Å². The molecule has 3 aromatic carbocycles. The van der Waals surface area contributed by atoms with E-state index in [0.29, 0.717) is 13.2 Å². The average molecular weight is 552 g/mol. The van der Waals surface area contributed by atoms with Crippen LogP contribution < -0.4 is 4.74 Å². The fourth-order valence-electron chi connectivity index (χ4n) is 3.96. The minimum Gasteiger partial charge on any atom is -0.483 e. The fraction of sp³-hybridized carbons (Fsp3) is 0.333. The summed E-state index contributed by atoms with van der Waals surface area (Å²) < 4.78 is 76.5. The summed E-state index contributed by atoms with van der Waals surface area (Å²) >= 11 is 0. The topological polar surface area (TPSA) is 82.1 Å². The molecule has 1 aliphatic heterocycles. The Labute approximate surface area is 218 Å². The maximum absolute atomic E-state index is 14.1. The summed E-state index contributed by atoms with van der Waals surface area (Å²) in [5, 5.41) is -4.46. The van der Waals surface area contributed by atoms with Crippen LogP contribution in [0.15, 0.2) is 93.5 Å². The van der Waals surface area contributed by atoms with Crippen molar-refractivity contribution >= 4 is 21.0 Å². The Bertz CT molecular complexity index is 1290. The molecule has 0 bridgehead atoms. The molecule has 6 nitrogen and oxygen atoms in total. The van der Waals surface area contributed by atoms with Gasteiger partial charge in [0.05, 0.1) is 24.1 Å². The van der Waals surface area contributed by atoms with Gasteiger partial charge in [0.15, 0.2) is 26.6 Å². The Morgan fingerprint density at radius 2 is 1.49 bits per heavy atom. The molecule has 0 radical (unpaired) electrons. The van der Waals surface area contributed by atoms with E-state index in [0.717, 1.165) is 40.0 Å². The summed E-state index contributed by atoms with van der Waals surface area (Å²) in [6.07, 6.45) is -0.215. The molecule has 0 spiro atoms. The molecule has 0 aromatic heterocycles. The lowest BCUT2D eigenvalue weighted by Crippen LogP contribution is -2.42. The van der Waals surface area contributed by atoms with Gasteiger partial charge in [0.2, 0.25) is 0 Å². The molecule has 1 saturated heterocycles. The fourth-order valence-corrected chi connectivity index (χ4v) is 6.53. The maximum atomic E-state index is 14.1. The lowest BCUT2D eigenvalue weighted by Gasteiger charge is -2.28. The van der Waals surface area contributed by atoms with Crippen molar-refractivity contribution in [3.05, 3.63) is 84.4 Å². The summed E-state index contributed by atoms with van der Waals surface area (Å²) in [5.74, 6) is -0.770. The lowest BCUT2D eigenvalue weighted by molar-refractivity contribution is -0.221. The van der Waals surface area contributed by atoms with E-state index in [4.69, 9.17) is 18.8 Å². The van der Waals surface area contributed by atoms with E-state index in [1.165, 1.54) is 6.07 Å². The third-order valence-electron chi connectivity index (χ3n) is 6.06. The van der Waals surface area contributed by atoms with Crippen LogP contribution in [0, 0.1) is 0 Å². The molecule has 1 N–H and O–H groups in total. The minimum atomic E-state index is -5.63. The maximum Gasteiger partial charge on any atom is 0.405 e. The zero-order valence-electron chi connectivity index (χ0n) is 20.5. The molecule has 37 heavy (non-hydrogen) atoms. The number of alkyl halides is 2. The molecule has 3 aromatic rings. The molecule has 1 heterocycles. The third kappa shape index (κ3) is 6.15. The van der Waals surface area contributed by atoms with Gasteiger partial charge in [-0.3, -0.25) is 4.55 Å². The molecular formula is C27H29F2O6S2+. The summed E-state index contributed by atoms with van der Waals surface area (Å²) in [5.41, 5.74) is 0.896. The quantitative estimate of drug-likeness (QED) is 0.272. The molecular weight excluding hydrogens is 522 g/mol. The second kappa shape index (κ2) is 11.1. The molecule has 1 fully saturated rings. The third-order valence-corrected chi connectivity index (χ3v) is 9.29. The zero-order chi connectivity index (χ0) is 26.7. The number of hydrogen-bond acceptors (Lipinski definition) is 5. The van der Waals surface area contributed by atoms with Crippen molar-refractivity contribution in [2.24, 2.45) is 0 Å². The summed E-state index contributed by atoms with van der Waals surface area (Å²) in [6.45, 7) is 4.05. The van der Waals surface area contributed by atoms with Crippen LogP contribution in [0.4, 0.5) is 8.78 Å². The van der Waals surface area contributed by atoms with Crippen LogP contribution in [0.25, 0.3) is 0 Å². The Morgan fingerprint density at radius 3 is 2.08 bits per heavy atom. The van der Waals surface area contributed by atoms with Crippen molar-refractivity contribution in [3.63, 3.8) is 0 Å². The second-order valence-electron chi connectivity index (χ2n) is 8.77. The van der Waals surface area contributed by atoms with E-state index in [2.05, 4.69) is 0 Å². The molecule has 198 valence electrons. The van der Waals surface area contributed by atoms with Crippen LogP contribution in [-0.4, -0.2) is 37.5 Å². The molecule has 0 amide bonds. The molecule has 0 aliphatic carbocycles. The Morgan fingerprint density at radius 1 is 0.919 bits per heavy atom. The van der Waals surface area contributed by atoms with E-state index in [1.807, 2.05) is 67.6 Å². The first-order valence-corrected chi connectivity index (χ1v) is 14.5. The van der Waals surface area contributed by atoms with E-state index in [-0.39, 0.29) is 5.75 Å². The van der Waals surface area contributed by atoms with Gasteiger partial charge in [-0.1, -0.05) is 24.3 Å². The van der Waals surface area contributed by atoms with Crippen LogP contribution >= 0.6 is 0 Å². The van der Waals surface area contributed by atoms with Crippen molar-refractivity contribution in [3.8, 4) is 5.75 Å². The molecule has 2 unspecified atom stereocenters. The predicted octanol–water partition coefficient (Wildman–Crippen LogP) is 6.03. The molecule has 4 rings (SSSR count). The SMILES string of the molecule is CC(Oc1cccc([S+](c2ccccc2)c2ccc(C3(C)OCCCCO3)cc2)c1)C(F)(F)S(=O)(=O)O. The highest BCUT2D eigenvalue weighted by molar-refractivity contribution is 7.97. The largest absolute Gasteiger partial charge is 0.483 e. The van der Waals surface area contributed by atoms with Gasteiger partial charge in [0, 0.05) is 11.6 Å². The van der Waals surface area contributed by atoms with Gasteiger partial charge in [0.25, 0.3) is 0 Å². The molecule has 0 saturated carbocycles. The number of rotatable bonds is 8. The van der Waals surface area contributed by atoms with Crippen LogP contribution in [0.2, 0.25) is 0 Å². The number of benzene rings is 3. The van der Waals surface area contributed by atoms with Gasteiger partial charge in [-0.2, -0.15) is 17.2 Å². The van der Waals surface area contributed by atoms with Crippen molar-refractivity contribution < 1.29 is 36.0 Å². The first kappa shape index (κ1) is 27.5. The van der Waals surface area contributed by atoms with E-state index in [9.17, 15) is 17.2 Å². The molecule has 1 aliphatic rings. The van der Waals surface area contributed by atoms with Crippen molar-refractivity contribution in [2.75, 3.05) is 13.2 Å².